The lowest BCUT2D eigenvalue weighted by Gasteiger charge is -2.07. The molecule has 0 amide bonds. The second kappa shape index (κ2) is 6.38. The Labute approximate surface area is 140 Å². The second-order valence-electron chi connectivity index (χ2n) is 4.60. The van der Waals surface area contributed by atoms with Gasteiger partial charge in [-0.3, -0.25) is 0 Å². The van der Waals surface area contributed by atoms with Crippen molar-refractivity contribution in [3.05, 3.63) is 44.8 Å². The molecule has 0 aliphatic rings. The molecule has 0 fully saturated rings. The van der Waals surface area contributed by atoms with E-state index in [1.807, 2.05) is 12.1 Å². The zero-order chi connectivity index (χ0) is 14.8. The van der Waals surface area contributed by atoms with Crippen LogP contribution in [0.2, 0.25) is 0 Å². The minimum absolute atomic E-state index is 0.395. The van der Waals surface area contributed by atoms with Crippen molar-refractivity contribution in [2.24, 2.45) is 0 Å². The average molecular weight is 386 g/mol. The van der Waals surface area contributed by atoms with Gasteiger partial charge in [-0.1, -0.05) is 6.07 Å². The lowest BCUT2D eigenvalue weighted by molar-refractivity contribution is 0.419. The van der Waals surface area contributed by atoms with E-state index >= 15 is 0 Å². The van der Waals surface area contributed by atoms with Crippen LogP contribution in [-0.2, 0) is 18.8 Å². The van der Waals surface area contributed by atoms with E-state index < -0.39 is 0 Å². The largest absolute Gasteiger partial charge is 0.494 e. The second-order valence-corrected chi connectivity index (χ2v) is 7.41. The van der Waals surface area contributed by atoms with Crippen LogP contribution in [0, 0.1) is 0 Å². The van der Waals surface area contributed by atoms with Crippen molar-refractivity contribution in [3.8, 4) is 5.75 Å². The molecule has 2 aromatic heterocycles. The lowest BCUT2D eigenvalue weighted by Crippen LogP contribution is -2.04. The first kappa shape index (κ1) is 14.9. The Morgan fingerprint density at radius 1 is 1.33 bits per heavy atom. The maximum Gasteiger partial charge on any atom is 0.146 e. The number of rotatable bonds is 5. The van der Waals surface area contributed by atoms with E-state index in [1.54, 1.807) is 18.4 Å². The predicted octanol–water partition coefficient (Wildman–Crippen LogP) is 4.85. The van der Waals surface area contributed by atoms with Crippen LogP contribution in [-0.4, -0.2) is 16.7 Å². The number of alkyl halides is 1. The van der Waals surface area contributed by atoms with Gasteiger partial charge in [-0.25, -0.2) is 4.98 Å². The van der Waals surface area contributed by atoms with Crippen LogP contribution in [0.15, 0.2) is 34.1 Å². The van der Waals surface area contributed by atoms with Gasteiger partial charge in [-0.2, -0.15) is 0 Å². The third-order valence-electron chi connectivity index (χ3n) is 3.37. The molecular formula is C15H14BrClN2OS. The van der Waals surface area contributed by atoms with Crippen molar-refractivity contribution in [2.45, 2.75) is 18.8 Å². The molecule has 0 aliphatic carbocycles. The fraction of sp³-hybridized carbons (Fsp3) is 0.267. The van der Waals surface area contributed by atoms with Crippen molar-refractivity contribution in [1.82, 2.24) is 9.55 Å². The summed E-state index contributed by atoms with van der Waals surface area (Å²) in [6, 6.07) is 10.2. The third-order valence-corrected chi connectivity index (χ3v) is 5.29. The summed E-state index contributed by atoms with van der Waals surface area (Å²) in [5.74, 6) is 2.06. The Morgan fingerprint density at radius 3 is 2.86 bits per heavy atom. The van der Waals surface area contributed by atoms with Crippen LogP contribution in [0.25, 0.3) is 11.0 Å². The molecule has 0 atom stereocenters. The Kier molecular flexibility index (Phi) is 4.52. The SMILES string of the molecule is COc1cccc2c1nc(CCl)n2CCc1ccc(Br)s1. The van der Waals surface area contributed by atoms with Crippen LogP contribution in [0.3, 0.4) is 0 Å². The highest BCUT2D eigenvalue weighted by molar-refractivity contribution is 9.11. The molecule has 0 spiro atoms. The highest BCUT2D eigenvalue weighted by atomic mass is 79.9. The standard InChI is InChI=1S/C15H14BrClN2OS/c1-20-12-4-2-3-11-15(12)18-14(9-17)19(11)8-7-10-5-6-13(16)21-10/h2-6H,7-9H2,1H3. The van der Waals surface area contributed by atoms with Crippen molar-refractivity contribution < 1.29 is 4.74 Å². The first-order valence-corrected chi connectivity index (χ1v) is 8.69. The third kappa shape index (κ3) is 2.96. The molecule has 21 heavy (non-hydrogen) atoms. The summed E-state index contributed by atoms with van der Waals surface area (Å²) in [7, 11) is 1.66. The van der Waals surface area contributed by atoms with Gasteiger partial charge in [0.2, 0.25) is 0 Å². The van der Waals surface area contributed by atoms with Crippen molar-refractivity contribution in [3.63, 3.8) is 0 Å². The number of ether oxygens (including phenoxy) is 1. The number of thiophene rings is 1. The number of hydrogen-bond donors (Lipinski definition) is 0. The normalized spacial score (nSPS) is 11.2. The number of aryl methyl sites for hydroxylation is 2. The van der Waals surface area contributed by atoms with Crippen LogP contribution >= 0.6 is 38.9 Å². The van der Waals surface area contributed by atoms with Crippen molar-refractivity contribution in [2.75, 3.05) is 7.11 Å². The Bertz CT molecular complexity index is 768. The topological polar surface area (TPSA) is 27.1 Å². The molecule has 0 bridgehead atoms. The quantitative estimate of drug-likeness (QED) is 0.587. The zero-order valence-electron chi connectivity index (χ0n) is 11.5. The average Bonchev–Trinajstić information content (AvgIpc) is 3.07. The maximum atomic E-state index is 6.06. The molecular weight excluding hydrogens is 372 g/mol. The van der Waals surface area contributed by atoms with Gasteiger partial charge in [-0.15, -0.1) is 22.9 Å². The molecule has 0 N–H and O–H groups in total. The minimum atomic E-state index is 0.395. The van der Waals surface area contributed by atoms with Gasteiger partial charge >= 0.3 is 0 Å². The number of hydrogen-bond acceptors (Lipinski definition) is 3. The van der Waals surface area contributed by atoms with Crippen molar-refractivity contribution in [1.29, 1.82) is 0 Å². The number of methoxy groups -OCH3 is 1. The Morgan fingerprint density at radius 2 is 2.19 bits per heavy atom. The van der Waals surface area contributed by atoms with E-state index in [0.717, 1.165) is 39.4 Å². The number of para-hydroxylation sites is 1. The summed E-state index contributed by atoms with van der Waals surface area (Å²) in [5.41, 5.74) is 1.95. The predicted molar refractivity (Wildman–Crippen MR) is 91.6 cm³/mol. The summed E-state index contributed by atoms with van der Waals surface area (Å²) >= 11 is 11.3. The monoisotopic (exact) mass is 384 g/mol. The van der Waals surface area contributed by atoms with Gasteiger partial charge in [0.05, 0.1) is 22.3 Å². The number of benzene rings is 1. The molecule has 2 heterocycles. The highest BCUT2D eigenvalue weighted by Crippen LogP contribution is 2.28. The first-order valence-electron chi connectivity index (χ1n) is 6.55. The van der Waals surface area contributed by atoms with E-state index in [0.29, 0.717) is 5.88 Å². The van der Waals surface area contributed by atoms with E-state index in [-0.39, 0.29) is 0 Å². The van der Waals surface area contributed by atoms with Crippen LogP contribution in [0.1, 0.15) is 10.7 Å². The molecule has 110 valence electrons. The summed E-state index contributed by atoms with van der Waals surface area (Å²) in [6.45, 7) is 0.860. The number of nitrogens with zero attached hydrogens (tertiary/aromatic N) is 2. The van der Waals surface area contributed by atoms with Crippen LogP contribution in [0.5, 0.6) is 5.75 Å². The minimum Gasteiger partial charge on any atom is -0.494 e. The van der Waals surface area contributed by atoms with Gasteiger partial charge in [0.25, 0.3) is 0 Å². The maximum absolute atomic E-state index is 6.06. The molecule has 0 saturated carbocycles. The van der Waals surface area contributed by atoms with Gasteiger partial charge in [-0.05, 0) is 46.6 Å². The molecule has 0 unspecified atom stereocenters. The molecule has 0 aliphatic heterocycles. The van der Waals surface area contributed by atoms with Crippen LogP contribution in [0.4, 0.5) is 0 Å². The molecule has 3 rings (SSSR count). The van der Waals surface area contributed by atoms with E-state index in [9.17, 15) is 0 Å². The summed E-state index contributed by atoms with van der Waals surface area (Å²) < 4.78 is 8.72. The van der Waals surface area contributed by atoms with Gasteiger partial charge in [0, 0.05) is 11.4 Å². The smallest absolute Gasteiger partial charge is 0.146 e. The van der Waals surface area contributed by atoms with E-state index in [4.69, 9.17) is 16.3 Å². The van der Waals surface area contributed by atoms with E-state index in [1.165, 1.54) is 4.88 Å². The Balaban J connectivity index is 1.96. The zero-order valence-corrected chi connectivity index (χ0v) is 14.6. The first-order chi connectivity index (χ1) is 10.2. The molecule has 1 aromatic carbocycles. The molecule has 0 radical (unpaired) electrons. The fourth-order valence-electron chi connectivity index (χ4n) is 2.39. The van der Waals surface area contributed by atoms with Gasteiger partial charge in [0.15, 0.2) is 0 Å². The highest BCUT2D eigenvalue weighted by Gasteiger charge is 2.13. The van der Waals surface area contributed by atoms with Gasteiger partial charge in [0.1, 0.15) is 17.1 Å². The fourth-order valence-corrected chi connectivity index (χ4v) is 4.07. The number of aromatic nitrogens is 2. The molecule has 0 saturated heterocycles. The number of fused-ring (bicyclic) bond motifs is 1. The number of imidazole rings is 1. The molecule has 6 heteroatoms. The number of halogens is 2. The van der Waals surface area contributed by atoms with Crippen molar-refractivity contribution >= 4 is 49.9 Å². The van der Waals surface area contributed by atoms with Crippen LogP contribution < -0.4 is 4.74 Å². The summed E-state index contributed by atoms with van der Waals surface area (Å²) in [5, 5.41) is 0. The Hall–Kier alpha value is -1.04. The van der Waals surface area contributed by atoms with Gasteiger partial charge < -0.3 is 9.30 Å². The molecule has 3 aromatic rings. The summed E-state index contributed by atoms with van der Waals surface area (Å²) in [6.07, 6.45) is 0.961. The molecule has 3 nitrogen and oxygen atoms in total. The lowest BCUT2D eigenvalue weighted by atomic mass is 10.3. The summed E-state index contributed by atoms with van der Waals surface area (Å²) in [4.78, 5) is 5.96. The van der Waals surface area contributed by atoms with E-state index in [2.05, 4.69) is 43.7 Å².